The van der Waals surface area contributed by atoms with Crippen molar-refractivity contribution in [3.8, 4) is 0 Å². The fourth-order valence-electron chi connectivity index (χ4n) is 1.73. The van der Waals surface area contributed by atoms with Gasteiger partial charge in [-0.25, -0.2) is 10.8 Å². The molecule has 0 aliphatic rings. The van der Waals surface area contributed by atoms with Crippen LogP contribution in [0.15, 0.2) is 12.1 Å². The van der Waals surface area contributed by atoms with Crippen LogP contribution in [-0.2, 0) is 0 Å². The van der Waals surface area contributed by atoms with Crippen LogP contribution in [0.1, 0.15) is 20.3 Å². The Kier molecular flexibility index (Phi) is 5.46. The third-order valence-corrected chi connectivity index (χ3v) is 2.65. The van der Waals surface area contributed by atoms with E-state index in [0.717, 1.165) is 0 Å². The number of nitro groups is 1. The number of nitrogens with two attached hydrogens (primary N) is 1. The van der Waals surface area contributed by atoms with Gasteiger partial charge in [0.15, 0.2) is 0 Å². The van der Waals surface area contributed by atoms with E-state index in [0.29, 0.717) is 18.8 Å². The van der Waals surface area contributed by atoms with Gasteiger partial charge in [-0.3, -0.25) is 10.1 Å². The summed E-state index contributed by atoms with van der Waals surface area (Å²) in [5.41, 5.74) is 2.30. The van der Waals surface area contributed by atoms with Crippen LogP contribution < -0.4 is 16.2 Å². The molecule has 0 saturated heterocycles. The molecule has 0 aliphatic carbocycles. The molecule has 1 aromatic rings. The van der Waals surface area contributed by atoms with E-state index in [-0.39, 0.29) is 24.2 Å². The van der Waals surface area contributed by atoms with Crippen LogP contribution in [0.2, 0.25) is 0 Å². The Morgan fingerprint density at radius 1 is 1.58 bits per heavy atom. The van der Waals surface area contributed by atoms with E-state index in [1.165, 1.54) is 12.1 Å². The van der Waals surface area contributed by atoms with Crippen molar-refractivity contribution >= 4 is 17.3 Å². The van der Waals surface area contributed by atoms with Gasteiger partial charge in [-0.05, 0) is 26.3 Å². The number of hydrazine groups is 1. The zero-order chi connectivity index (χ0) is 14.4. The maximum absolute atomic E-state index is 11.1. The van der Waals surface area contributed by atoms with Crippen molar-refractivity contribution in [2.24, 2.45) is 5.84 Å². The van der Waals surface area contributed by atoms with Gasteiger partial charge in [-0.2, -0.15) is 0 Å². The Morgan fingerprint density at radius 3 is 2.74 bits per heavy atom. The van der Waals surface area contributed by atoms with Crippen molar-refractivity contribution in [1.82, 2.24) is 4.98 Å². The molecule has 4 N–H and O–H groups in total. The van der Waals surface area contributed by atoms with Crippen LogP contribution in [-0.4, -0.2) is 34.2 Å². The van der Waals surface area contributed by atoms with Crippen LogP contribution in [0.25, 0.3) is 0 Å². The van der Waals surface area contributed by atoms with Crippen LogP contribution in [0.4, 0.5) is 17.3 Å². The molecule has 0 fully saturated rings. The molecule has 1 aromatic heterocycles. The molecule has 8 heteroatoms. The lowest BCUT2D eigenvalue weighted by Crippen LogP contribution is -2.33. The third kappa shape index (κ3) is 3.76. The maximum Gasteiger partial charge on any atom is 0.311 e. The SMILES string of the molecule is CC(C)N(CCCO)c1nc(NN)ccc1[N+](=O)[O-]. The largest absolute Gasteiger partial charge is 0.396 e. The van der Waals surface area contributed by atoms with E-state index in [2.05, 4.69) is 10.4 Å². The van der Waals surface area contributed by atoms with Crippen molar-refractivity contribution in [1.29, 1.82) is 0 Å². The molecule has 106 valence electrons. The van der Waals surface area contributed by atoms with Crippen LogP contribution in [0, 0.1) is 10.1 Å². The number of aromatic nitrogens is 1. The number of nitrogens with zero attached hydrogens (tertiary/aromatic N) is 3. The Morgan fingerprint density at radius 2 is 2.26 bits per heavy atom. The lowest BCUT2D eigenvalue weighted by molar-refractivity contribution is -0.384. The number of pyridine rings is 1. The monoisotopic (exact) mass is 269 g/mol. The zero-order valence-corrected chi connectivity index (χ0v) is 11.0. The number of nitrogens with one attached hydrogen (secondary N) is 1. The number of nitrogen functional groups attached to an aromatic ring is 1. The average molecular weight is 269 g/mol. The standard InChI is InChI=1S/C11H19N5O3/c1-8(2)15(6-3-7-17)11-9(16(18)19)4-5-10(13-11)14-12/h4-5,8,17H,3,6-7,12H2,1-2H3,(H,13,14). The fraction of sp³-hybridized carbons (Fsp3) is 0.545. The summed E-state index contributed by atoms with van der Waals surface area (Å²) in [5, 5.41) is 20.0. The van der Waals surface area contributed by atoms with Gasteiger partial charge in [0, 0.05) is 25.3 Å². The molecule has 0 amide bonds. The summed E-state index contributed by atoms with van der Waals surface area (Å²) in [5.74, 6) is 5.89. The van der Waals surface area contributed by atoms with Gasteiger partial charge < -0.3 is 15.4 Å². The van der Waals surface area contributed by atoms with Gasteiger partial charge in [0.25, 0.3) is 0 Å². The third-order valence-electron chi connectivity index (χ3n) is 2.65. The molecule has 1 rings (SSSR count). The Labute approximate surface area is 111 Å². The first-order valence-corrected chi connectivity index (χ1v) is 6.00. The lowest BCUT2D eigenvalue weighted by atomic mass is 10.2. The summed E-state index contributed by atoms with van der Waals surface area (Å²) in [4.78, 5) is 16.5. The van der Waals surface area contributed by atoms with Crippen LogP contribution in [0.5, 0.6) is 0 Å². The highest BCUT2D eigenvalue weighted by Crippen LogP contribution is 2.28. The molecule has 8 nitrogen and oxygen atoms in total. The van der Waals surface area contributed by atoms with Crippen molar-refractivity contribution in [2.45, 2.75) is 26.3 Å². The van der Waals surface area contributed by atoms with Gasteiger partial charge in [0.1, 0.15) is 5.82 Å². The molecule has 0 aliphatic heterocycles. The van der Waals surface area contributed by atoms with E-state index >= 15 is 0 Å². The van der Waals surface area contributed by atoms with Gasteiger partial charge in [-0.15, -0.1) is 0 Å². The number of hydrogen-bond acceptors (Lipinski definition) is 7. The minimum absolute atomic E-state index is 0.0192. The molecule has 0 saturated carbocycles. The number of anilines is 2. The summed E-state index contributed by atoms with van der Waals surface area (Å²) >= 11 is 0. The van der Waals surface area contributed by atoms with E-state index < -0.39 is 4.92 Å². The van der Waals surface area contributed by atoms with Gasteiger partial charge in [0.2, 0.25) is 5.82 Å². The number of aliphatic hydroxyl groups excluding tert-OH is 1. The van der Waals surface area contributed by atoms with E-state index in [9.17, 15) is 10.1 Å². The van der Waals surface area contributed by atoms with Crippen molar-refractivity contribution in [3.63, 3.8) is 0 Å². The van der Waals surface area contributed by atoms with Gasteiger partial charge in [-0.1, -0.05) is 0 Å². The number of rotatable bonds is 7. The molecule has 0 atom stereocenters. The van der Waals surface area contributed by atoms with E-state index in [1.807, 2.05) is 13.8 Å². The first-order chi connectivity index (χ1) is 9.01. The van der Waals surface area contributed by atoms with Crippen LogP contribution >= 0.6 is 0 Å². The van der Waals surface area contributed by atoms with Crippen molar-refractivity contribution < 1.29 is 10.0 Å². The average Bonchev–Trinajstić information content (AvgIpc) is 2.38. The second-order valence-corrected chi connectivity index (χ2v) is 4.30. The highest BCUT2D eigenvalue weighted by molar-refractivity contribution is 5.62. The zero-order valence-electron chi connectivity index (χ0n) is 11.0. The Hall–Kier alpha value is -1.93. The molecule has 0 spiro atoms. The minimum atomic E-state index is -0.475. The van der Waals surface area contributed by atoms with Crippen LogP contribution in [0.3, 0.4) is 0 Å². The quantitative estimate of drug-likeness (QED) is 0.382. The van der Waals surface area contributed by atoms with E-state index in [4.69, 9.17) is 10.9 Å². The second-order valence-electron chi connectivity index (χ2n) is 4.30. The molecular formula is C11H19N5O3. The lowest BCUT2D eigenvalue weighted by Gasteiger charge is -2.27. The second kappa shape index (κ2) is 6.86. The first-order valence-electron chi connectivity index (χ1n) is 6.00. The topological polar surface area (TPSA) is 118 Å². The molecule has 0 aromatic carbocycles. The number of hydrogen-bond donors (Lipinski definition) is 3. The smallest absolute Gasteiger partial charge is 0.311 e. The summed E-state index contributed by atoms with van der Waals surface area (Å²) < 4.78 is 0. The predicted octanol–water partition coefficient (Wildman–Crippen LogP) is 0.873. The van der Waals surface area contributed by atoms with Gasteiger partial charge in [0.05, 0.1) is 4.92 Å². The Bertz CT molecular complexity index is 438. The highest BCUT2D eigenvalue weighted by atomic mass is 16.6. The summed E-state index contributed by atoms with van der Waals surface area (Å²) in [6.45, 7) is 4.32. The maximum atomic E-state index is 11.1. The van der Waals surface area contributed by atoms with Crippen molar-refractivity contribution in [2.75, 3.05) is 23.5 Å². The Balaban J connectivity index is 3.20. The highest BCUT2D eigenvalue weighted by Gasteiger charge is 2.23. The summed E-state index contributed by atoms with van der Waals surface area (Å²) in [6, 6.07) is 2.84. The first kappa shape index (κ1) is 15.1. The predicted molar refractivity (Wildman–Crippen MR) is 72.9 cm³/mol. The molecule has 0 bridgehead atoms. The summed E-state index contributed by atoms with van der Waals surface area (Å²) in [7, 11) is 0. The molecule has 0 radical (unpaired) electrons. The molecule has 19 heavy (non-hydrogen) atoms. The number of aliphatic hydroxyl groups is 1. The van der Waals surface area contributed by atoms with Crippen molar-refractivity contribution in [3.05, 3.63) is 22.2 Å². The minimum Gasteiger partial charge on any atom is -0.396 e. The fourth-order valence-corrected chi connectivity index (χ4v) is 1.73. The molecule has 1 heterocycles. The normalized spacial score (nSPS) is 10.6. The van der Waals surface area contributed by atoms with Gasteiger partial charge >= 0.3 is 5.69 Å². The summed E-state index contributed by atoms with van der Waals surface area (Å²) in [6.07, 6.45) is 0.511. The van der Waals surface area contributed by atoms with E-state index in [1.54, 1.807) is 4.90 Å². The molecular weight excluding hydrogens is 250 g/mol. The molecule has 0 unspecified atom stereocenters.